The van der Waals surface area contributed by atoms with Gasteiger partial charge in [0.2, 0.25) is 5.91 Å². The summed E-state index contributed by atoms with van der Waals surface area (Å²) in [5.74, 6) is 0.598. The van der Waals surface area contributed by atoms with Crippen LogP contribution in [0.15, 0.2) is 42.5 Å². The van der Waals surface area contributed by atoms with Crippen LogP contribution in [-0.4, -0.2) is 24.5 Å². The number of amides is 1. The molecule has 2 N–H and O–H groups in total. The van der Waals surface area contributed by atoms with Crippen molar-refractivity contribution in [1.29, 1.82) is 0 Å². The number of carbonyl (C=O) groups is 1. The summed E-state index contributed by atoms with van der Waals surface area (Å²) < 4.78 is 6.25. The van der Waals surface area contributed by atoms with Crippen LogP contribution in [0.3, 0.4) is 0 Å². The van der Waals surface area contributed by atoms with Gasteiger partial charge in [0.25, 0.3) is 0 Å². The zero-order valence-electron chi connectivity index (χ0n) is 12.9. The molecule has 3 rings (SSSR count). The Morgan fingerprint density at radius 2 is 2.09 bits per heavy atom. The second kappa shape index (κ2) is 6.66. The Morgan fingerprint density at radius 3 is 2.91 bits per heavy atom. The van der Waals surface area contributed by atoms with Crippen molar-refractivity contribution in [3.63, 3.8) is 0 Å². The smallest absolute Gasteiger partial charge is 0.243 e. The fourth-order valence-electron chi connectivity index (χ4n) is 2.24. The van der Waals surface area contributed by atoms with Gasteiger partial charge in [0, 0.05) is 17.4 Å². The molecule has 1 amide bonds. The van der Waals surface area contributed by atoms with Gasteiger partial charge in [-0.3, -0.25) is 4.79 Å². The number of hydrogen-bond donors (Lipinski definition) is 2. The number of benzene rings is 2. The maximum atomic E-state index is 12.0. The lowest BCUT2D eigenvalue weighted by atomic mass is 10.3. The molecule has 0 aliphatic rings. The topological polar surface area (TPSA) is 63.2 Å². The number of carbonyl (C=O) groups excluding carboxylic acids is 1. The normalized spacial score (nSPS) is 10.5. The van der Waals surface area contributed by atoms with Crippen molar-refractivity contribution in [2.45, 2.75) is 6.92 Å². The number of ether oxygens (including phenoxy) is 1. The summed E-state index contributed by atoms with van der Waals surface area (Å²) in [4.78, 5) is 16.5. The average Bonchev–Trinajstić information content (AvgIpc) is 2.92. The molecule has 0 saturated carbocycles. The summed E-state index contributed by atoms with van der Waals surface area (Å²) in [6.07, 6.45) is 0. The van der Waals surface area contributed by atoms with E-state index in [0.29, 0.717) is 11.4 Å². The molecule has 0 aliphatic heterocycles. The van der Waals surface area contributed by atoms with E-state index in [1.165, 1.54) is 0 Å². The molecule has 0 bridgehead atoms. The third kappa shape index (κ3) is 3.78. The molecule has 6 heteroatoms. The monoisotopic (exact) mass is 327 g/mol. The third-order valence-electron chi connectivity index (χ3n) is 3.30. The first-order valence-electron chi connectivity index (χ1n) is 7.19. The molecular weight excluding hydrogens is 310 g/mol. The predicted octanol–water partition coefficient (Wildman–Crippen LogP) is 3.66. The summed E-state index contributed by atoms with van der Waals surface area (Å²) in [6, 6.07) is 13.2. The molecule has 118 valence electrons. The van der Waals surface area contributed by atoms with Gasteiger partial charge in [-0.15, -0.1) is 11.3 Å². The minimum absolute atomic E-state index is 0.112. The molecule has 3 aromatic rings. The van der Waals surface area contributed by atoms with Crippen molar-refractivity contribution in [3.8, 4) is 5.75 Å². The van der Waals surface area contributed by atoms with Gasteiger partial charge in [0.15, 0.2) is 0 Å². The summed E-state index contributed by atoms with van der Waals surface area (Å²) in [7, 11) is 1.60. The predicted molar refractivity (Wildman–Crippen MR) is 94.5 cm³/mol. The Balaban J connectivity index is 1.61. The van der Waals surface area contributed by atoms with E-state index in [1.54, 1.807) is 24.5 Å². The maximum absolute atomic E-state index is 12.0. The molecule has 0 saturated heterocycles. The van der Waals surface area contributed by atoms with Gasteiger partial charge in [-0.05, 0) is 37.3 Å². The quantitative estimate of drug-likeness (QED) is 0.750. The van der Waals surface area contributed by atoms with E-state index in [9.17, 15) is 4.79 Å². The Hall–Kier alpha value is -2.60. The Morgan fingerprint density at radius 1 is 1.22 bits per heavy atom. The van der Waals surface area contributed by atoms with Crippen molar-refractivity contribution < 1.29 is 9.53 Å². The summed E-state index contributed by atoms with van der Waals surface area (Å²) in [6.45, 7) is 2.18. The van der Waals surface area contributed by atoms with Crippen LogP contribution in [0.25, 0.3) is 10.2 Å². The van der Waals surface area contributed by atoms with E-state index in [4.69, 9.17) is 4.74 Å². The molecule has 0 aliphatic carbocycles. The minimum Gasteiger partial charge on any atom is -0.497 e. The van der Waals surface area contributed by atoms with Crippen molar-refractivity contribution in [2.75, 3.05) is 24.3 Å². The molecule has 23 heavy (non-hydrogen) atoms. The lowest BCUT2D eigenvalue weighted by Gasteiger charge is -2.09. The van der Waals surface area contributed by atoms with Gasteiger partial charge < -0.3 is 15.4 Å². The van der Waals surface area contributed by atoms with Gasteiger partial charge in [0.05, 0.1) is 28.9 Å². The molecule has 2 aromatic carbocycles. The van der Waals surface area contributed by atoms with Gasteiger partial charge in [-0.2, -0.15) is 0 Å². The van der Waals surface area contributed by atoms with E-state index in [-0.39, 0.29) is 12.5 Å². The third-order valence-corrected chi connectivity index (χ3v) is 4.24. The molecule has 0 radical (unpaired) electrons. The SMILES string of the molecule is COc1cccc(NC(=O)CNc2ccc3nc(C)sc3c2)c1. The second-order valence-electron chi connectivity index (χ2n) is 5.05. The molecule has 1 heterocycles. The number of nitrogens with zero attached hydrogens (tertiary/aromatic N) is 1. The fourth-order valence-corrected chi connectivity index (χ4v) is 3.10. The van der Waals surface area contributed by atoms with E-state index in [0.717, 1.165) is 20.9 Å². The highest BCUT2D eigenvalue weighted by atomic mass is 32.1. The Labute approximate surface area is 138 Å². The van der Waals surface area contributed by atoms with Crippen molar-refractivity contribution in [2.24, 2.45) is 0 Å². The van der Waals surface area contributed by atoms with Crippen molar-refractivity contribution in [1.82, 2.24) is 4.98 Å². The number of anilines is 2. The van der Waals surface area contributed by atoms with Crippen LogP contribution in [-0.2, 0) is 4.79 Å². The van der Waals surface area contributed by atoms with Crippen molar-refractivity contribution in [3.05, 3.63) is 47.5 Å². The maximum Gasteiger partial charge on any atom is 0.243 e. The number of rotatable bonds is 5. The second-order valence-corrected chi connectivity index (χ2v) is 6.28. The Kier molecular flexibility index (Phi) is 4.43. The minimum atomic E-state index is -0.112. The van der Waals surface area contributed by atoms with Gasteiger partial charge in [-0.25, -0.2) is 4.98 Å². The number of aryl methyl sites for hydroxylation is 1. The lowest BCUT2D eigenvalue weighted by molar-refractivity contribution is -0.114. The van der Waals surface area contributed by atoms with Crippen LogP contribution in [0.4, 0.5) is 11.4 Å². The van der Waals surface area contributed by atoms with E-state index in [1.807, 2.05) is 43.3 Å². The summed E-state index contributed by atoms with van der Waals surface area (Å²) >= 11 is 1.64. The van der Waals surface area contributed by atoms with Crippen molar-refractivity contribution >= 4 is 38.8 Å². The average molecular weight is 327 g/mol. The van der Waals surface area contributed by atoms with Crippen LogP contribution in [0.2, 0.25) is 0 Å². The molecule has 0 atom stereocenters. The first-order chi connectivity index (χ1) is 11.1. The summed E-state index contributed by atoms with van der Waals surface area (Å²) in [5, 5.41) is 7.00. The zero-order chi connectivity index (χ0) is 16.2. The number of thiazole rings is 1. The molecule has 5 nitrogen and oxygen atoms in total. The number of fused-ring (bicyclic) bond motifs is 1. The molecule has 1 aromatic heterocycles. The highest BCUT2D eigenvalue weighted by Gasteiger charge is 2.05. The highest BCUT2D eigenvalue weighted by Crippen LogP contribution is 2.24. The standard InChI is InChI=1S/C17H17N3O2S/c1-11-19-15-7-6-12(9-16(15)23-11)18-10-17(21)20-13-4-3-5-14(8-13)22-2/h3-9,18H,10H2,1-2H3,(H,20,21). The number of nitrogens with one attached hydrogen (secondary N) is 2. The molecule has 0 spiro atoms. The van der Waals surface area contributed by atoms with Crippen LogP contribution < -0.4 is 15.4 Å². The van der Waals surface area contributed by atoms with Gasteiger partial charge in [-0.1, -0.05) is 6.07 Å². The first kappa shape index (κ1) is 15.3. The Bertz CT molecular complexity index is 845. The fraction of sp³-hybridized carbons (Fsp3) is 0.176. The van der Waals surface area contributed by atoms with E-state index >= 15 is 0 Å². The van der Waals surface area contributed by atoms with E-state index < -0.39 is 0 Å². The van der Waals surface area contributed by atoms with Crippen LogP contribution >= 0.6 is 11.3 Å². The highest BCUT2D eigenvalue weighted by molar-refractivity contribution is 7.18. The summed E-state index contributed by atoms with van der Waals surface area (Å²) in [5.41, 5.74) is 2.60. The number of aromatic nitrogens is 1. The van der Waals surface area contributed by atoms with Gasteiger partial charge in [0.1, 0.15) is 5.75 Å². The number of methoxy groups -OCH3 is 1. The molecular formula is C17H17N3O2S. The van der Waals surface area contributed by atoms with E-state index in [2.05, 4.69) is 15.6 Å². The molecule has 0 unspecified atom stereocenters. The largest absolute Gasteiger partial charge is 0.497 e. The van der Waals surface area contributed by atoms with Gasteiger partial charge >= 0.3 is 0 Å². The van der Waals surface area contributed by atoms with Crippen LogP contribution in [0, 0.1) is 6.92 Å². The first-order valence-corrected chi connectivity index (χ1v) is 8.00. The zero-order valence-corrected chi connectivity index (χ0v) is 13.7. The lowest BCUT2D eigenvalue weighted by Crippen LogP contribution is -2.21. The molecule has 0 fully saturated rings. The van der Waals surface area contributed by atoms with Crippen LogP contribution in [0.1, 0.15) is 5.01 Å². The van der Waals surface area contributed by atoms with Crippen LogP contribution in [0.5, 0.6) is 5.75 Å². The number of hydrogen-bond acceptors (Lipinski definition) is 5.